The fraction of sp³-hybridized carbons (Fsp3) is 0.857. The number of carboxylic acid groups (broad SMARTS) is 1. The van der Waals surface area contributed by atoms with Gasteiger partial charge >= 0.3 is 51.4 Å². The van der Waals surface area contributed by atoms with E-state index < -0.39 is 5.30 Å². The zero-order chi connectivity index (χ0) is 8.20. The van der Waals surface area contributed by atoms with Crippen LogP contribution in [0.1, 0.15) is 33.6 Å². The van der Waals surface area contributed by atoms with Crippen LogP contribution in [-0.4, -0.2) is 10.0 Å². The molecule has 0 spiro atoms. The van der Waals surface area contributed by atoms with Crippen molar-refractivity contribution in [2.45, 2.75) is 38.4 Å². The molecule has 0 heterocycles. The second-order valence-corrected chi connectivity index (χ2v) is 4.50. The SMILES string of the molecule is CCCC(C)(C)SC(=O)[O-].[K+]. The molecule has 0 bridgehead atoms. The molecule has 0 fully saturated rings. The largest absolute Gasteiger partial charge is 1.00 e. The van der Waals surface area contributed by atoms with Crippen LogP contribution in [0.2, 0.25) is 0 Å². The molecule has 0 N–H and O–H groups in total. The van der Waals surface area contributed by atoms with Gasteiger partial charge in [0.05, 0.1) is 5.30 Å². The first kappa shape index (κ1) is 15.0. The number of rotatable bonds is 3. The van der Waals surface area contributed by atoms with Crippen LogP contribution in [-0.2, 0) is 0 Å². The summed E-state index contributed by atoms with van der Waals surface area (Å²) < 4.78 is -0.173. The van der Waals surface area contributed by atoms with Gasteiger partial charge in [-0.15, -0.1) is 11.8 Å². The molecule has 0 aliphatic carbocycles. The van der Waals surface area contributed by atoms with Crippen molar-refractivity contribution in [3.63, 3.8) is 0 Å². The Labute approximate surface area is 115 Å². The first-order valence-corrected chi connectivity index (χ1v) is 4.19. The Morgan fingerprint density at radius 2 is 2.00 bits per heavy atom. The molecule has 0 unspecified atom stereocenters. The maximum Gasteiger partial charge on any atom is 1.00 e. The number of carbonyl (C=O) groups is 1. The molecule has 0 aromatic carbocycles. The molecule has 11 heavy (non-hydrogen) atoms. The molecule has 0 aromatic heterocycles. The van der Waals surface area contributed by atoms with Crippen LogP contribution >= 0.6 is 11.8 Å². The average molecular weight is 200 g/mol. The van der Waals surface area contributed by atoms with Gasteiger partial charge in [0.15, 0.2) is 0 Å². The summed E-state index contributed by atoms with van der Waals surface area (Å²) in [6.07, 6.45) is 1.92. The first-order valence-electron chi connectivity index (χ1n) is 3.38. The van der Waals surface area contributed by atoms with E-state index in [2.05, 4.69) is 0 Å². The standard InChI is InChI=1S/C7H14O2S.K/c1-4-5-7(2,3)10-6(8)9;/h4-5H2,1-3H3,(H,8,9);/q;+1/p-1. The van der Waals surface area contributed by atoms with Gasteiger partial charge in [0.2, 0.25) is 0 Å². The maximum atomic E-state index is 10.1. The quantitative estimate of drug-likeness (QED) is 0.529. The summed E-state index contributed by atoms with van der Waals surface area (Å²) in [5, 5.41) is 9.11. The molecule has 0 saturated carbocycles. The average Bonchev–Trinajstić information content (AvgIpc) is 1.59. The fourth-order valence-corrected chi connectivity index (χ4v) is 1.64. The molecule has 0 amide bonds. The van der Waals surface area contributed by atoms with E-state index >= 15 is 0 Å². The number of hydrogen-bond donors (Lipinski definition) is 0. The number of hydrogen-bond acceptors (Lipinski definition) is 3. The fourth-order valence-electron chi connectivity index (χ4n) is 0.879. The third-order valence-electron chi connectivity index (χ3n) is 1.21. The van der Waals surface area contributed by atoms with Crippen LogP contribution in [0.25, 0.3) is 0 Å². The number of thioether (sulfide) groups is 1. The first-order chi connectivity index (χ1) is 4.48. The predicted molar refractivity (Wildman–Crippen MR) is 42.0 cm³/mol. The van der Waals surface area contributed by atoms with Gasteiger partial charge in [-0.25, -0.2) is 0 Å². The summed E-state index contributed by atoms with van der Waals surface area (Å²) in [5.41, 5.74) is 0. The molecule has 0 radical (unpaired) electrons. The zero-order valence-electron chi connectivity index (χ0n) is 7.64. The van der Waals surface area contributed by atoms with E-state index in [1.54, 1.807) is 0 Å². The molecule has 60 valence electrons. The Hall–Kier alpha value is 1.46. The van der Waals surface area contributed by atoms with Crippen molar-refractivity contribution in [2.75, 3.05) is 0 Å². The Morgan fingerprint density at radius 3 is 2.27 bits per heavy atom. The molecule has 0 aliphatic heterocycles. The van der Waals surface area contributed by atoms with Gasteiger partial charge in [0.1, 0.15) is 0 Å². The van der Waals surface area contributed by atoms with E-state index in [0.717, 1.165) is 24.6 Å². The maximum absolute atomic E-state index is 10.1. The van der Waals surface area contributed by atoms with E-state index in [0.29, 0.717) is 0 Å². The Bertz CT molecular complexity index is 126. The minimum absolute atomic E-state index is 0. The minimum Gasteiger partial charge on any atom is -0.538 e. The predicted octanol–water partition coefficient (Wildman–Crippen LogP) is -1.35. The molecule has 0 aliphatic rings. The van der Waals surface area contributed by atoms with Gasteiger partial charge in [0.25, 0.3) is 0 Å². The van der Waals surface area contributed by atoms with Crippen molar-refractivity contribution >= 4 is 17.1 Å². The van der Waals surface area contributed by atoms with Crippen molar-refractivity contribution < 1.29 is 61.3 Å². The molecule has 0 rings (SSSR count). The van der Waals surface area contributed by atoms with Gasteiger partial charge in [-0.05, 0) is 6.42 Å². The van der Waals surface area contributed by atoms with Crippen molar-refractivity contribution in [3.8, 4) is 0 Å². The van der Waals surface area contributed by atoms with Crippen molar-refractivity contribution in [2.24, 2.45) is 0 Å². The van der Waals surface area contributed by atoms with Crippen LogP contribution in [0.15, 0.2) is 0 Å². The van der Waals surface area contributed by atoms with Crippen LogP contribution in [0.4, 0.5) is 4.79 Å². The summed E-state index contributed by atoms with van der Waals surface area (Å²) in [7, 11) is 0. The van der Waals surface area contributed by atoms with Crippen molar-refractivity contribution in [1.29, 1.82) is 0 Å². The smallest absolute Gasteiger partial charge is 0.538 e. The number of carbonyl (C=O) groups excluding carboxylic acids is 1. The van der Waals surface area contributed by atoms with Crippen LogP contribution in [0.3, 0.4) is 0 Å². The molecule has 0 atom stereocenters. The minimum atomic E-state index is -1.03. The topological polar surface area (TPSA) is 40.1 Å². The third kappa shape index (κ3) is 9.37. The summed E-state index contributed by atoms with van der Waals surface area (Å²) in [6.45, 7) is 5.87. The second kappa shape index (κ2) is 6.92. The van der Waals surface area contributed by atoms with E-state index in [4.69, 9.17) is 0 Å². The summed E-state index contributed by atoms with van der Waals surface area (Å²) in [6, 6.07) is 0. The van der Waals surface area contributed by atoms with Gasteiger partial charge in [0, 0.05) is 4.75 Å². The monoisotopic (exact) mass is 200 g/mol. The van der Waals surface area contributed by atoms with Gasteiger partial charge in [-0.2, -0.15) is 0 Å². The van der Waals surface area contributed by atoms with Gasteiger partial charge < -0.3 is 9.90 Å². The van der Waals surface area contributed by atoms with Crippen molar-refractivity contribution in [1.82, 2.24) is 0 Å². The normalized spacial score (nSPS) is 10.5. The molecule has 2 nitrogen and oxygen atoms in total. The van der Waals surface area contributed by atoms with Crippen LogP contribution < -0.4 is 56.5 Å². The second-order valence-electron chi connectivity index (χ2n) is 2.86. The molecule has 0 aromatic rings. The molecule has 4 heteroatoms. The van der Waals surface area contributed by atoms with Crippen LogP contribution in [0, 0.1) is 0 Å². The zero-order valence-corrected chi connectivity index (χ0v) is 11.6. The van der Waals surface area contributed by atoms with E-state index in [9.17, 15) is 9.90 Å². The van der Waals surface area contributed by atoms with Gasteiger partial charge in [-0.1, -0.05) is 27.2 Å². The van der Waals surface area contributed by atoms with Crippen molar-refractivity contribution in [3.05, 3.63) is 0 Å². The Morgan fingerprint density at radius 1 is 1.55 bits per heavy atom. The summed E-state index contributed by atoms with van der Waals surface area (Å²) in [4.78, 5) is 10.1. The summed E-state index contributed by atoms with van der Waals surface area (Å²) in [5.74, 6) is 0. The van der Waals surface area contributed by atoms with E-state index in [1.165, 1.54) is 0 Å². The molecular formula is C7H13KO2S. The molecule has 0 saturated heterocycles. The van der Waals surface area contributed by atoms with E-state index in [-0.39, 0.29) is 56.1 Å². The van der Waals surface area contributed by atoms with Crippen LogP contribution in [0.5, 0.6) is 0 Å². The summed E-state index contributed by atoms with van der Waals surface area (Å²) >= 11 is 0.887. The Kier molecular flexibility index (Phi) is 9.40. The van der Waals surface area contributed by atoms with E-state index in [1.807, 2.05) is 20.8 Å². The van der Waals surface area contributed by atoms with Gasteiger partial charge in [-0.3, -0.25) is 0 Å². The third-order valence-corrected chi connectivity index (χ3v) is 2.14. The molecular weight excluding hydrogens is 187 g/mol. The Balaban J connectivity index is 0.